The molecule has 3 aliphatic carbocycles. The Bertz CT molecular complexity index is 1350. The van der Waals surface area contributed by atoms with Gasteiger partial charge < -0.3 is 15.3 Å². The molecule has 39 heavy (non-hydrogen) atoms. The Hall–Kier alpha value is -2.97. The van der Waals surface area contributed by atoms with Crippen LogP contribution in [-0.4, -0.2) is 55.9 Å². The Labute approximate surface area is 228 Å². The van der Waals surface area contributed by atoms with Crippen LogP contribution in [0.15, 0.2) is 18.7 Å². The third kappa shape index (κ3) is 3.21. The highest BCUT2D eigenvalue weighted by Gasteiger charge is 2.80. The fourth-order valence-corrected chi connectivity index (χ4v) is 8.01. The Kier molecular flexibility index (Phi) is 6.52. The second-order valence-electron chi connectivity index (χ2n) is 12.8. The number of carbonyl (C=O) groups is 5. The van der Waals surface area contributed by atoms with Crippen LogP contribution in [-0.2, 0) is 19.2 Å². The number of phenols is 1. The van der Waals surface area contributed by atoms with Crippen LogP contribution in [0.1, 0.15) is 82.8 Å². The molecular formula is C31H38O8. The van der Waals surface area contributed by atoms with Crippen LogP contribution in [0.4, 0.5) is 0 Å². The quantitative estimate of drug-likeness (QED) is 0.495. The van der Waals surface area contributed by atoms with Crippen molar-refractivity contribution in [2.45, 2.75) is 73.0 Å². The minimum Gasteiger partial charge on any atom is -0.507 e. The van der Waals surface area contributed by atoms with Gasteiger partial charge in [0.1, 0.15) is 17.5 Å². The highest BCUT2D eigenvalue weighted by Crippen LogP contribution is 2.67. The number of phenolic OH excluding ortho intramolecular Hbond substituents is 1. The molecule has 8 heteroatoms. The van der Waals surface area contributed by atoms with Gasteiger partial charge in [0.05, 0.1) is 17.6 Å². The summed E-state index contributed by atoms with van der Waals surface area (Å²) in [6.07, 6.45) is -1.69. The molecule has 2 saturated carbocycles. The number of hydrogen-bond acceptors (Lipinski definition) is 8. The number of allylic oxidation sites excluding steroid dienone is 1. The summed E-state index contributed by atoms with van der Waals surface area (Å²) in [5.41, 5.74) is -4.96. The van der Waals surface area contributed by atoms with E-state index >= 15 is 0 Å². The van der Waals surface area contributed by atoms with Crippen molar-refractivity contribution in [1.29, 1.82) is 0 Å². The van der Waals surface area contributed by atoms with Crippen molar-refractivity contribution in [3.8, 4) is 5.75 Å². The number of hydrogen-bond donors (Lipinski definition) is 3. The van der Waals surface area contributed by atoms with E-state index in [9.17, 15) is 39.3 Å². The number of aliphatic hydroxyl groups is 2. The maximum atomic E-state index is 14.4. The number of carbonyl (C=O) groups excluding carboxylic acids is 5. The lowest BCUT2D eigenvalue weighted by Gasteiger charge is -2.65. The van der Waals surface area contributed by atoms with Crippen LogP contribution in [0.3, 0.4) is 0 Å². The summed E-state index contributed by atoms with van der Waals surface area (Å²) in [4.78, 5) is 68.5. The third-order valence-corrected chi connectivity index (χ3v) is 10.2. The lowest BCUT2D eigenvalue weighted by molar-refractivity contribution is -0.240. The van der Waals surface area contributed by atoms with Crippen LogP contribution >= 0.6 is 0 Å². The summed E-state index contributed by atoms with van der Waals surface area (Å²) >= 11 is 0. The maximum Gasteiger partial charge on any atom is 0.191 e. The lowest BCUT2D eigenvalue weighted by atomic mass is 9.37. The molecule has 0 amide bonds. The molecule has 210 valence electrons. The Balaban J connectivity index is 2.10. The third-order valence-electron chi connectivity index (χ3n) is 10.2. The van der Waals surface area contributed by atoms with E-state index < -0.39 is 81.0 Å². The van der Waals surface area contributed by atoms with Crippen molar-refractivity contribution in [3.05, 3.63) is 35.4 Å². The van der Waals surface area contributed by atoms with E-state index in [1.807, 2.05) is 13.8 Å². The minimum absolute atomic E-state index is 0.0191. The van der Waals surface area contributed by atoms with Gasteiger partial charge in [0, 0.05) is 16.7 Å². The van der Waals surface area contributed by atoms with Crippen LogP contribution in [0.25, 0.3) is 5.57 Å². The molecule has 0 heterocycles. The van der Waals surface area contributed by atoms with Crippen molar-refractivity contribution in [3.63, 3.8) is 0 Å². The SMILES string of the molecule is C=C(c1ccc(O)c2c1[C@@H](C)[C@@]1(C)C(C2=O)C(=O)[C@@]2(O)C(=O)C(C(C)=O)C(=O)C(C(C)C)[C@@]2(C)[C@@H]1O)C(C)C. The standard InChI is InChI=1S/C31H38O8/c1-12(2)14(5)17-10-11-18(33)21-19(17)15(6)29(8)23(25(21)35)27(37)31(39)26(36)20(16(7)32)24(34)22(13(3)4)30(31,9)28(29)38/h10-13,15,20,22-23,28,33,38-39H,5H2,1-4,6-9H3/t15-,20?,22?,23?,28-,29+,30+,31+/m1/s1. The Morgan fingerprint density at radius 1 is 1.03 bits per heavy atom. The second kappa shape index (κ2) is 8.77. The molecule has 3 unspecified atom stereocenters. The Morgan fingerprint density at radius 3 is 2.08 bits per heavy atom. The van der Waals surface area contributed by atoms with Crippen molar-refractivity contribution >= 4 is 34.5 Å². The van der Waals surface area contributed by atoms with Crippen LogP contribution in [0.5, 0.6) is 5.75 Å². The van der Waals surface area contributed by atoms with Crippen LogP contribution in [0.2, 0.25) is 0 Å². The molecule has 3 aliphatic rings. The molecule has 8 nitrogen and oxygen atoms in total. The average Bonchev–Trinajstić information content (AvgIpc) is 2.83. The fourth-order valence-electron chi connectivity index (χ4n) is 8.01. The predicted molar refractivity (Wildman–Crippen MR) is 143 cm³/mol. The number of benzene rings is 1. The number of Topliss-reactive ketones (excluding diaryl/α,β-unsaturated/α-hetero) is 5. The molecule has 1 aromatic rings. The van der Waals surface area contributed by atoms with E-state index in [2.05, 4.69) is 6.58 Å². The van der Waals surface area contributed by atoms with Gasteiger partial charge in [-0.1, -0.05) is 61.1 Å². The van der Waals surface area contributed by atoms with E-state index in [1.165, 1.54) is 13.0 Å². The maximum absolute atomic E-state index is 14.4. The van der Waals surface area contributed by atoms with Gasteiger partial charge in [-0.15, -0.1) is 0 Å². The smallest absolute Gasteiger partial charge is 0.191 e. The van der Waals surface area contributed by atoms with E-state index in [4.69, 9.17) is 0 Å². The van der Waals surface area contributed by atoms with Crippen molar-refractivity contribution in [2.75, 3.05) is 0 Å². The lowest BCUT2D eigenvalue weighted by Crippen LogP contribution is -2.82. The highest BCUT2D eigenvalue weighted by molar-refractivity contribution is 6.33. The normalized spacial score (nSPS) is 38.0. The van der Waals surface area contributed by atoms with Crippen molar-refractivity contribution in [2.24, 2.45) is 40.4 Å². The van der Waals surface area contributed by atoms with E-state index in [1.54, 1.807) is 33.8 Å². The van der Waals surface area contributed by atoms with Gasteiger partial charge in [0.25, 0.3) is 0 Å². The zero-order valence-corrected chi connectivity index (χ0v) is 23.8. The molecule has 1 aromatic carbocycles. The monoisotopic (exact) mass is 538 g/mol. The number of fused-ring (bicyclic) bond motifs is 3. The molecule has 3 N–H and O–H groups in total. The fraction of sp³-hybridized carbons (Fsp3) is 0.581. The molecule has 0 aromatic heterocycles. The van der Waals surface area contributed by atoms with Gasteiger partial charge in [0.2, 0.25) is 0 Å². The van der Waals surface area contributed by atoms with Gasteiger partial charge in [-0.05, 0) is 47.4 Å². The van der Waals surface area contributed by atoms with Crippen LogP contribution < -0.4 is 0 Å². The first kappa shape index (κ1) is 29.0. The first-order valence-electron chi connectivity index (χ1n) is 13.5. The van der Waals surface area contributed by atoms with Crippen molar-refractivity contribution in [1.82, 2.24) is 0 Å². The average molecular weight is 539 g/mol. The van der Waals surface area contributed by atoms with Crippen LogP contribution in [0, 0.1) is 40.4 Å². The molecule has 8 atom stereocenters. The highest BCUT2D eigenvalue weighted by atomic mass is 16.3. The molecule has 0 radical (unpaired) electrons. The molecule has 0 spiro atoms. The number of ketones is 5. The summed E-state index contributed by atoms with van der Waals surface area (Å²) < 4.78 is 0. The van der Waals surface area contributed by atoms with Gasteiger partial charge in [-0.2, -0.15) is 0 Å². The number of aromatic hydroxyl groups is 1. The minimum atomic E-state index is -2.97. The first-order chi connectivity index (χ1) is 17.8. The summed E-state index contributed by atoms with van der Waals surface area (Å²) in [6, 6.07) is 3.00. The first-order valence-corrected chi connectivity index (χ1v) is 13.5. The molecule has 0 aliphatic heterocycles. The topological polar surface area (TPSA) is 146 Å². The second-order valence-corrected chi connectivity index (χ2v) is 12.8. The number of rotatable bonds is 4. The van der Waals surface area contributed by atoms with E-state index in [0.29, 0.717) is 16.7 Å². The molecular weight excluding hydrogens is 500 g/mol. The summed E-state index contributed by atoms with van der Waals surface area (Å²) in [6.45, 7) is 17.0. The molecule has 0 bridgehead atoms. The van der Waals surface area contributed by atoms with Gasteiger partial charge in [-0.25, -0.2) is 0 Å². The molecule has 0 saturated heterocycles. The largest absolute Gasteiger partial charge is 0.507 e. The van der Waals surface area contributed by atoms with Crippen molar-refractivity contribution < 1.29 is 39.3 Å². The summed E-state index contributed by atoms with van der Waals surface area (Å²) in [7, 11) is 0. The van der Waals surface area contributed by atoms with Gasteiger partial charge >= 0.3 is 0 Å². The summed E-state index contributed by atoms with van der Waals surface area (Å²) in [5.74, 6) is -11.3. The Morgan fingerprint density at radius 2 is 1.59 bits per heavy atom. The van der Waals surface area contributed by atoms with Gasteiger partial charge in [-0.3, -0.25) is 24.0 Å². The molecule has 4 rings (SSSR count). The number of aliphatic hydroxyl groups excluding tert-OH is 1. The van der Waals surface area contributed by atoms with E-state index in [-0.39, 0.29) is 17.2 Å². The predicted octanol–water partition coefficient (Wildman–Crippen LogP) is 3.29. The van der Waals surface area contributed by atoms with Gasteiger partial charge in [0.15, 0.2) is 28.7 Å². The van der Waals surface area contributed by atoms with E-state index in [0.717, 1.165) is 6.92 Å². The zero-order chi connectivity index (χ0) is 29.7. The zero-order valence-electron chi connectivity index (χ0n) is 23.8. The molecule has 2 fully saturated rings. The summed E-state index contributed by atoms with van der Waals surface area (Å²) in [5, 5.41) is 35.2.